The first-order valence-electron chi connectivity index (χ1n) is 10.6. The van der Waals surface area contributed by atoms with Crippen LogP contribution in [0.15, 0.2) is 29.4 Å². The molecule has 0 radical (unpaired) electrons. The van der Waals surface area contributed by atoms with Gasteiger partial charge in [0.15, 0.2) is 5.16 Å². The number of hydrogen-bond donors (Lipinski definition) is 1. The quantitative estimate of drug-likeness (QED) is 0.711. The smallest absolute Gasteiger partial charge is 0.250 e. The van der Waals surface area contributed by atoms with Crippen molar-refractivity contribution in [3.63, 3.8) is 0 Å². The number of benzene rings is 1. The van der Waals surface area contributed by atoms with E-state index >= 15 is 0 Å². The van der Waals surface area contributed by atoms with Crippen LogP contribution in [0.5, 0.6) is 0 Å². The van der Waals surface area contributed by atoms with Crippen LogP contribution in [-0.4, -0.2) is 64.2 Å². The lowest BCUT2D eigenvalue weighted by molar-refractivity contribution is -0.125. The molecule has 2 aromatic rings. The van der Waals surface area contributed by atoms with Crippen molar-refractivity contribution in [2.24, 2.45) is 0 Å². The third-order valence-electron chi connectivity index (χ3n) is 5.93. The number of fused-ring (bicyclic) bond motifs is 1. The van der Waals surface area contributed by atoms with E-state index in [1.54, 1.807) is 18.7 Å². The van der Waals surface area contributed by atoms with Gasteiger partial charge in [-0.25, -0.2) is 0 Å². The van der Waals surface area contributed by atoms with Crippen molar-refractivity contribution in [3.8, 4) is 0 Å². The average molecular weight is 443 g/mol. The van der Waals surface area contributed by atoms with Crippen molar-refractivity contribution in [2.75, 3.05) is 47.2 Å². The Balaban J connectivity index is 1.37. The lowest BCUT2D eigenvalue weighted by Crippen LogP contribution is -2.59. The number of amides is 2. The first kappa shape index (κ1) is 20.3. The standard InChI is InChI=1S/C21H26N6O3S/c1-21(2)18(29)22-15-5-3-4-6-16(15)27(21)17(28)13-31-20-24-23-19(26(20)14-7-8-14)25-9-11-30-12-10-25/h3-6,14H,7-13H2,1-2H3,(H,22,29). The van der Waals surface area contributed by atoms with Crippen molar-refractivity contribution >= 4 is 40.9 Å². The summed E-state index contributed by atoms with van der Waals surface area (Å²) in [5.74, 6) is 0.721. The Morgan fingerprint density at radius 1 is 1.23 bits per heavy atom. The van der Waals surface area contributed by atoms with E-state index in [4.69, 9.17) is 4.74 Å². The Bertz CT molecular complexity index is 1010. The van der Waals surface area contributed by atoms with Crippen LogP contribution in [0.3, 0.4) is 0 Å². The number of carbonyl (C=O) groups excluding carboxylic acids is 2. The summed E-state index contributed by atoms with van der Waals surface area (Å²) >= 11 is 1.39. The fourth-order valence-electron chi connectivity index (χ4n) is 4.09. The second-order valence-corrected chi connectivity index (χ2v) is 9.47. The van der Waals surface area contributed by atoms with Gasteiger partial charge in [-0.05, 0) is 38.8 Å². The van der Waals surface area contributed by atoms with Gasteiger partial charge in [0.05, 0.1) is 30.3 Å². The maximum Gasteiger partial charge on any atom is 0.250 e. The molecule has 31 heavy (non-hydrogen) atoms. The molecule has 1 aromatic heterocycles. The third kappa shape index (κ3) is 3.67. The number of aromatic nitrogens is 3. The lowest BCUT2D eigenvalue weighted by atomic mass is 9.96. The molecule has 0 bridgehead atoms. The number of nitrogens with zero attached hydrogens (tertiary/aromatic N) is 5. The maximum atomic E-state index is 13.3. The van der Waals surface area contributed by atoms with E-state index in [-0.39, 0.29) is 17.6 Å². The Morgan fingerprint density at radius 2 is 1.97 bits per heavy atom. The Kier molecular flexibility index (Phi) is 5.13. The van der Waals surface area contributed by atoms with E-state index in [1.807, 2.05) is 24.3 Å². The predicted molar refractivity (Wildman–Crippen MR) is 119 cm³/mol. The minimum atomic E-state index is -0.977. The molecule has 2 fully saturated rings. The van der Waals surface area contributed by atoms with Crippen LogP contribution in [0.2, 0.25) is 0 Å². The third-order valence-corrected chi connectivity index (χ3v) is 6.86. The van der Waals surface area contributed by atoms with Crippen LogP contribution < -0.4 is 15.1 Å². The SMILES string of the molecule is CC1(C)C(=O)Nc2ccccc2N1C(=O)CSc1nnc(N2CCOCC2)n1C1CC1. The molecule has 1 saturated carbocycles. The predicted octanol–water partition coefficient (Wildman–Crippen LogP) is 2.31. The number of para-hydroxylation sites is 2. The molecule has 1 N–H and O–H groups in total. The van der Waals surface area contributed by atoms with Gasteiger partial charge in [-0.3, -0.25) is 19.1 Å². The summed E-state index contributed by atoms with van der Waals surface area (Å²) in [4.78, 5) is 29.8. The average Bonchev–Trinajstić information content (AvgIpc) is 3.52. The van der Waals surface area contributed by atoms with E-state index in [0.29, 0.717) is 24.9 Å². The highest BCUT2D eigenvalue weighted by atomic mass is 32.2. The van der Waals surface area contributed by atoms with Crippen LogP contribution >= 0.6 is 11.8 Å². The summed E-state index contributed by atoms with van der Waals surface area (Å²) < 4.78 is 7.63. The van der Waals surface area contributed by atoms with Gasteiger partial charge in [-0.1, -0.05) is 23.9 Å². The van der Waals surface area contributed by atoms with Crippen molar-refractivity contribution < 1.29 is 14.3 Å². The normalized spacial score (nSPS) is 20.4. The highest BCUT2D eigenvalue weighted by molar-refractivity contribution is 7.99. The van der Waals surface area contributed by atoms with Crippen LogP contribution in [0.25, 0.3) is 0 Å². The van der Waals surface area contributed by atoms with Gasteiger partial charge in [-0.2, -0.15) is 0 Å². The largest absolute Gasteiger partial charge is 0.378 e. The van der Waals surface area contributed by atoms with Crippen molar-refractivity contribution in [1.29, 1.82) is 0 Å². The van der Waals surface area contributed by atoms with Gasteiger partial charge >= 0.3 is 0 Å². The van der Waals surface area contributed by atoms with Crippen molar-refractivity contribution in [2.45, 2.75) is 43.4 Å². The highest BCUT2D eigenvalue weighted by Crippen LogP contribution is 2.42. The summed E-state index contributed by atoms with van der Waals surface area (Å²) in [5, 5.41) is 12.5. The zero-order chi connectivity index (χ0) is 21.6. The fraction of sp³-hybridized carbons (Fsp3) is 0.524. The van der Waals surface area contributed by atoms with Crippen LogP contribution in [-0.2, 0) is 14.3 Å². The number of anilines is 3. The van der Waals surface area contributed by atoms with Crippen LogP contribution in [0.1, 0.15) is 32.7 Å². The number of rotatable bonds is 5. The number of nitrogens with one attached hydrogen (secondary N) is 1. The van der Waals surface area contributed by atoms with Crippen LogP contribution in [0, 0.1) is 0 Å². The molecule has 1 saturated heterocycles. The highest BCUT2D eigenvalue weighted by Gasteiger charge is 2.43. The first-order valence-corrected chi connectivity index (χ1v) is 11.6. The fourth-order valence-corrected chi connectivity index (χ4v) is 4.94. The second-order valence-electron chi connectivity index (χ2n) is 8.53. The maximum absolute atomic E-state index is 13.3. The Morgan fingerprint density at radius 3 is 2.71 bits per heavy atom. The molecule has 0 unspecified atom stereocenters. The zero-order valence-electron chi connectivity index (χ0n) is 17.7. The summed E-state index contributed by atoms with van der Waals surface area (Å²) in [6.45, 7) is 6.49. The number of hydrogen-bond acceptors (Lipinski definition) is 7. The van der Waals surface area contributed by atoms with Crippen LogP contribution in [0.4, 0.5) is 17.3 Å². The molecule has 0 atom stereocenters. The zero-order valence-corrected chi connectivity index (χ0v) is 18.5. The van der Waals surface area contributed by atoms with Gasteiger partial charge in [0, 0.05) is 19.1 Å². The molecule has 5 rings (SSSR count). The molecule has 164 valence electrons. The topological polar surface area (TPSA) is 92.6 Å². The Labute approximate surface area is 185 Å². The van der Waals surface area contributed by atoms with Gasteiger partial charge in [0.2, 0.25) is 17.8 Å². The van der Waals surface area contributed by atoms with Gasteiger partial charge in [0.1, 0.15) is 5.54 Å². The summed E-state index contributed by atoms with van der Waals surface area (Å²) in [5.41, 5.74) is 0.395. The summed E-state index contributed by atoms with van der Waals surface area (Å²) in [7, 11) is 0. The molecule has 3 heterocycles. The van der Waals surface area contributed by atoms with E-state index in [2.05, 4.69) is 25.0 Å². The number of morpholine rings is 1. The molecular weight excluding hydrogens is 416 g/mol. The Hall–Kier alpha value is -2.59. The van der Waals surface area contributed by atoms with Gasteiger partial charge in [-0.15, -0.1) is 10.2 Å². The minimum absolute atomic E-state index is 0.129. The monoisotopic (exact) mass is 442 g/mol. The summed E-state index contributed by atoms with van der Waals surface area (Å²) in [6, 6.07) is 7.79. The first-order chi connectivity index (χ1) is 15.0. The number of thioether (sulfide) groups is 1. The molecule has 10 heteroatoms. The number of carbonyl (C=O) groups is 2. The molecule has 1 aliphatic carbocycles. The van der Waals surface area contributed by atoms with E-state index in [1.165, 1.54) is 11.8 Å². The second kappa shape index (κ2) is 7.83. The molecular formula is C21H26N6O3S. The van der Waals surface area contributed by atoms with Crippen molar-refractivity contribution in [3.05, 3.63) is 24.3 Å². The van der Waals surface area contributed by atoms with Crippen molar-refractivity contribution in [1.82, 2.24) is 14.8 Å². The van der Waals surface area contributed by atoms with E-state index < -0.39 is 5.54 Å². The molecule has 1 aromatic carbocycles. The van der Waals surface area contributed by atoms with Gasteiger partial charge < -0.3 is 15.0 Å². The minimum Gasteiger partial charge on any atom is -0.378 e. The van der Waals surface area contributed by atoms with E-state index in [0.717, 1.165) is 42.7 Å². The lowest BCUT2D eigenvalue weighted by Gasteiger charge is -2.42. The van der Waals surface area contributed by atoms with Gasteiger partial charge in [0.25, 0.3) is 0 Å². The molecule has 3 aliphatic rings. The molecule has 9 nitrogen and oxygen atoms in total. The molecule has 0 spiro atoms. The number of ether oxygens (including phenoxy) is 1. The van der Waals surface area contributed by atoms with E-state index in [9.17, 15) is 9.59 Å². The molecule has 2 amide bonds. The summed E-state index contributed by atoms with van der Waals surface area (Å²) in [6.07, 6.45) is 2.20. The molecule has 2 aliphatic heterocycles.